The van der Waals surface area contributed by atoms with E-state index in [0.29, 0.717) is 0 Å². The first-order valence-electron chi connectivity index (χ1n) is 6.16. The van der Waals surface area contributed by atoms with Crippen molar-refractivity contribution in [1.82, 2.24) is 5.32 Å². The Morgan fingerprint density at radius 1 is 1.65 bits per heavy atom. The van der Waals surface area contributed by atoms with Crippen LogP contribution in [0.5, 0.6) is 0 Å². The molecule has 0 saturated carbocycles. The Kier molecular flexibility index (Phi) is 4.55. The fraction of sp³-hybridized carbons (Fsp3) is 0.615. The van der Waals surface area contributed by atoms with Crippen molar-refractivity contribution in [2.45, 2.75) is 38.3 Å². The number of ether oxygens (including phenoxy) is 1. The molecule has 0 spiro atoms. The summed E-state index contributed by atoms with van der Waals surface area (Å²) in [6.07, 6.45) is 3.57. The highest BCUT2D eigenvalue weighted by Crippen LogP contribution is 2.23. The van der Waals surface area contributed by atoms with Crippen LogP contribution in [0, 0.1) is 11.3 Å². The van der Waals surface area contributed by atoms with Crippen molar-refractivity contribution in [3.05, 3.63) is 21.9 Å². The van der Waals surface area contributed by atoms with Crippen LogP contribution in [-0.4, -0.2) is 19.3 Å². The van der Waals surface area contributed by atoms with E-state index in [1.54, 1.807) is 11.3 Å². The number of nitrogens with one attached hydrogen (secondary N) is 1. The number of hydrogen-bond acceptors (Lipinski definition) is 4. The van der Waals surface area contributed by atoms with Crippen LogP contribution in [0.15, 0.2) is 12.1 Å². The summed E-state index contributed by atoms with van der Waals surface area (Å²) in [5.74, 6) is 0. The number of aryl methyl sites for hydroxylation is 1. The number of rotatable bonds is 5. The zero-order valence-electron chi connectivity index (χ0n) is 10.1. The van der Waals surface area contributed by atoms with Crippen LogP contribution in [0.1, 0.15) is 35.6 Å². The molecule has 0 radical (unpaired) electrons. The number of hydrogen-bond donors (Lipinski definition) is 1. The van der Waals surface area contributed by atoms with Gasteiger partial charge >= 0.3 is 0 Å². The van der Waals surface area contributed by atoms with Crippen molar-refractivity contribution in [1.29, 1.82) is 5.26 Å². The first kappa shape index (κ1) is 12.6. The van der Waals surface area contributed by atoms with E-state index in [-0.39, 0.29) is 12.1 Å². The highest BCUT2D eigenvalue weighted by Gasteiger charge is 2.18. The zero-order chi connectivity index (χ0) is 12.1. The Balaban J connectivity index is 1.89. The first-order valence-corrected chi connectivity index (χ1v) is 6.98. The number of thiophene rings is 1. The average Bonchev–Trinajstić information content (AvgIpc) is 3.00. The Morgan fingerprint density at radius 3 is 3.12 bits per heavy atom. The van der Waals surface area contributed by atoms with E-state index >= 15 is 0 Å². The maximum absolute atomic E-state index is 9.19. The van der Waals surface area contributed by atoms with E-state index < -0.39 is 0 Å². The van der Waals surface area contributed by atoms with Crippen LogP contribution in [0.3, 0.4) is 0 Å². The highest BCUT2D eigenvalue weighted by atomic mass is 32.1. The lowest BCUT2D eigenvalue weighted by Gasteiger charge is -2.13. The second-order valence-corrected chi connectivity index (χ2v) is 5.46. The maximum Gasteiger partial charge on any atom is 0.130 e. The van der Waals surface area contributed by atoms with Crippen LogP contribution in [0.25, 0.3) is 0 Å². The predicted octanol–water partition coefficient (Wildman–Crippen LogP) is 2.64. The van der Waals surface area contributed by atoms with E-state index in [1.165, 1.54) is 4.88 Å². The molecule has 1 aromatic heterocycles. The molecule has 1 aliphatic rings. The molecule has 1 aliphatic heterocycles. The van der Waals surface area contributed by atoms with Crippen LogP contribution < -0.4 is 5.32 Å². The second kappa shape index (κ2) is 6.15. The molecule has 1 aromatic rings. The predicted molar refractivity (Wildman–Crippen MR) is 69.0 cm³/mol. The minimum atomic E-state index is -0.190. The van der Waals surface area contributed by atoms with E-state index in [2.05, 4.69) is 30.4 Å². The molecule has 0 aliphatic carbocycles. The third kappa shape index (κ3) is 3.29. The molecule has 2 unspecified atom stereocenters. The van der Waals surface area contributed by atoms with E-state index in [4.69, 9.17) is 4.74 Å². The maximum atomic E-state index is 9.19. The molecular formula is C13H18N2OS. The summed E-state index contributed by atoms with van der Waals surface area (Å²) in [6, 6.07) is 6.30. The number of nitrogens with zero attached hydrogens (tertiary/aromatic N) is 1. The van der Waals surface area contributed by atoms with Crippen LogP contribution >= 0.6 is 11.3 Å². The van der Waals surface area contributed by atoms with Crippen LogP contribution in [0.2, 0.25) is 0 Å². The molecule has 2 rings (SSSR count). The van der Waals surface area contributed by atoms with Gasteiger partial charge in [-0.05, 0) is 31.4 Å². The van der Waals surface area contributed by atoms with Gasteiger partial charge in [0, 0.05) is 22.9 Å². The monoisotopic (exact) mass is 250 g/mol. The lowest BCUT2D eigenvalue weighted by molar-refractivity contribution is 0.109. The Labute approximate surface area is 106 Å². The minimum absolute atomic E-state index is 0.190. The summed E-state index contributed by atoms with van der Waals surface area (Å²) in [7, 11) is 0. The zero-order valence-corrected chi connectivity index (χ0v) is 10.9. The summed E-state index contributed by atoms with van der Waals surface area (Å²) < 4.78 is 5.54. The lowest BCUT2D eigenvalue weighted by atomic mass is 10.2. The molecule has 0 bridgehead atoms. The fourth-order valence-electron chi connectivity index (χ4n) is 2.00. The van der Waals surface area contributed by atoms with Gasteiger partial charge in [-0.25, -0.2) is 0 Å². The van der Waals surface area contributed by atoms with Gasteiger partial charge in [-0.2, -0.15) is 5.26 Å². The SMILES string of the molecule is CCc1ccc(C(C#N)NCC2CCCO2)s1. The Hall–Kier alpha value is -0.890. The van der Waals surface area contributed by atoms with Gasteiger partial charge in [-0.15, -0.1) is 11.3 Å². The molecule has 3 nitrogen and oxygen atoms in total. The molecule has 4 heteroatoms. The van der Waals surface area contributed by atoms with Gasteiger partial charge in [-0.1, -0.05) is 6.92 Å². The van der Waals surface area contributed by atoms with E-state index in [9.17, 15) is 5.26 Å². The van der Waals surface area contributed by atoms with Gasteiger partial charge in [0.1, 0.15) is 6.04 Å². The molecule has 2 heterocycles. The molecule has 0 amide bonds. The highest BCUT2D eigenvalue weighted by molar-refractivity contribution is 7.12. The lowest BCUT2D eigenvalue weighted by Crippen LogP contribution is -2.28. The van der Waals surface area contributed by atoms with Crippen molar-refractivity contribution < 1.29 is 4.74 Å². The molecule has 2 atom stereocenters. The molecular weight excluding hydrogens is 232 g/mol. The minimum Gasteiger partial charge on any atom is -0.377 e. The summed E-state index contributed by atoms with van der Waals surface area (Å²) in [5.41, 5.74) is 0. The van der Waals surface area contributed by atoms with E-state index in [0.717, 1.165) is 37.3 Å². The molecule has 1 N–H and O–H groups in total. The Bertz CT molecular complexity index is 390. The standard InChI is InChI=1S/C13H18N2OS/c1-2-11-5-6-13(17-11)12(8-14)15-9-10-4-3-7-16-10/h5-6,10,12,15H,2-4,7,9H2,1H3. The van der Waals surface area contributed by atoms with Crippen molar-refractivity contribution in [2.75, 3.05) is 13.2 Å². The van der Waals surface area contributed by atoms with Gasteiger partial charge in [0.05, 0.1) is 12.2 Å². The molecule has 92 valence electrons. The molecule has 0 aromatic carbocycles. The van der Waals surface area contributed by atoms with Crippen molar-refractivity contribution in [2.24, 2.45) is 0 Å². The van der Waals surface area contributed by atoms with Gasteiger partial charge < -0.3 is 4.74 Å². The van der Waals surface area contributed by atoms with Gasteiger partial charge in [-0.3, -0.25) is 5.32 Å². The van der Waals surface area contributed by atoms with Gasteiger partial charge in [0.25, 0.3) is 0 Å². The molecule has 17 heavy (non-hydrogen) atoms. The summed E-state index contributed by atoms with van der Waals surface area (Å²) in [5, 5.41) is 12.5. The number of nitriles is 1. The third-order valence-electron chi connectivity index (χ3n) is 3.02. The molecule has 1 saturated heterocycles. The van der Waals surface area contributed by atoms with Crippen LogP contribution in [-0.2, 0) is 11.2 Å². The van der Waals surface area contributed by atoms with Gasteiger partial charge in [0.15, 0.2) is 0 Å². The third-order valence-corrected chi connectivity index (χ3v) is 4.31. The van der Waals surface area contributed by atoms with Gasteiger partial charge in [0.2, 0.25) is 0 Å². The largest absolute Gasteiger partial charge is 0.377 e. The average molecular weight is 250 g/mol. The van der Waals surface area contributed by atoms with Crippen molar-refractivity contribution in [3.8, 4) is 6.07 Å². The summed E-state index contributed by atoms with van der Waals surface area (Å²) in [4.78, 5) is 2.45. The van der Waals surface area contributed by atoms with Crippen LogP contribution in [0.4, 0.5) is 0 Å². The van der Waals surface area contributed by atoms with E-state index in [1.807, 2.05) is 0 Å². The summed E-state index contributed by atoms with van der Waals surface area (Å²) in [6.45, 7) is 3.77. The first-order chi connectivity index (χ1) is 8.33. The molecule has 1 fully saturated rings. The fourth-order valence-corrected chi connectivity index (χ4v) is 2.98. The van der Waals surface area contributed by atoms with Crippen molar-refractivity contribution in [3.63, 3.8) is 0 Å². The quantitative estimate of drug-likeness (QED) is 0.873. The normalized spacial score (nSPS) is 21.3. The van der Waals surface area contributed by atoms with Crippen molar-refractivity contribution >= 4 is 11.3 Å². The Morgan fingerprint density at radius 2 is 2.53 bits per heavy atom. The summed E-state index contributed by atoms with van der Waals surface area (Å²) >= 11 is 1.72. The smallest absolute Gasteiger partial charge is 0.130 e. The second-order valence-electron chi connectivity index (χ2n) is 4.26. The topological polar surface area (TPSA) is 45.0 Å².